The highest BCUT2D eigenvalue weighted by molar-refractivity contribution is 5.97. The summed E-state index contributed by atoms with van der Waals surface area (Å²) in [5.74, 6) is -1.43. The lowest BCUT2D eigenvalue weighted by atomic mass is 9.98. The van der Waals surface area contributed by atoms with Gasteiger partial charge in [0.15, 0.2) is 0 Å². The van der Waals surface area contributed by atoms with Gasteiger partial charge in [0, 0.05) is 26.7 Å². The molecule has 2 heterocycles. The molecule has 1 aliphatic heterocycles. The Morgan fingerprint density at radius 3 is 2.67 bits per heavy atom. The SMILES string of the molecule is CCc1c(C(=O)N(C)CC(=O)N2CCCC(C(=O)O)C2)cnn1CC(C)C. The fourth-order valence-corrected chi connectivity index (χ4v) is 3.45. The third kappa shape index (κ3) is 5.08. The molecule has 150 valence electrons. The van der Waals surface area contributed by atoms with Gasteiger partial charge in [-0.15, -0.1) is 0 Å². The maximum absolute atomic E-state index is 12.8. The lowest BCUT2D eigenvalue weighted by Gasteiger charge is -2.32. The van der Waals surface area contributed by atoms with Crippen LogP contribution in [0.15, 0.2) is 6.20 Å². The average Bonchev–Trinajstić information content (AvgIpc) is 3.02. The smallest absolute Gasteiger partial charge is 0.308 e. The Kier molecular flexibility index (Phi) is 6.98. The summed E-state index contributed by atoms with van der Waals surface area (Å²) in [5, 5.41) is 13.5. The molecule has 1 saturated heterocycles. The highest BCUT2D eigenvalue weighted by Gasteiger charge is 2.29. The van der Waals surface area contributed by atoms with E-state index in [-0.39, 0.29) is 24.9 Å². The van der Waals surface area contributed by atoms with Crippen molar-refractivity contribution >= 4 is 17.8 Å². The molecule has 0 spiro atoms. The molecule has 1 aromatic rings. The van der Waals surface area contributed by atoms with E-state index in [0.717, 1.165) is 12.2 Å². The minimum atomic E-state index is -0.873. The Morgan fingerprint density at radius 1 is 1.37 bits per heavy atom. The molecule has 27 heavy (non-hydrogen) atoms. The van der Waals surface area contributed by atoms with E-state index in [1.165, 1.54) is 4.90 Å². The Hall–Kier alpha value is -2.38. The minimum Gasteiger partial charge on any atom is -0.481 e. The molecule has 8 heteroatoms. The van der Waals surface area contributed by atoms with Crippen LogP contribution in [-0.4, -0.2) is 69.2 Å². The molecule has 1 fully saturated rings. The molecule has 2 amide bonds. The first-order chi connectivity index (χ1) is 12.7. The number of piperidine rings is 1. The van der Waals surface area contributed by atoms with E-state index in [0.29, 0.717) is 37.3 Å². The van der Waals surface area contributed by atoms with E-state index >= 15 is 0 Å². The molecule has 1 aliphatic rings. The molecule has 0 bridgehead atoms. The summed E-state index contributed by atoms with van der Waals surface area (Å²) in [6, 6.07) is 0. The maximum Gasteiger partial charge on any atom is 0.308 e. The number of carboxylic acids is 1. The van der Waals surface area contributed by atoms with Crippen molar-refractivity contribution in [3.63, 3.8) is 0 Å². The summed E-state index contributed by atoms with van der Waals surface area (Å²) in [6.07, 6.45) is 3.51. The van der Waals surface area contributed by atoms with Crippen LogP contribution in [0, 0.1) is 11.8 Å². The zero-order valence-electron chi connectivity index (χ0n) is 16.6. The number of likely N-dealkylation sites (tertiary alicyclic amines) is 1. The van der Waals surface area contributed by atoms with E-state index in [1.807, 2.05) is 11.6 Å². The summed E-state index contributed by atoms with van der Waals surface area (Å²) in [5.41, 5.74) is 1.40. The fraction of sp³-hybridized carbons (Fsp3) is 0.684. The molecule has 0 radical (unpaired) electrons. The van der Waals surface area contributed by atoms with Gasteiger partial charge in [-0.2, -0.15) is 5.10 Å². The van der Waals surface area contributed by atoms with Crippen molar-refractivity contribution < 1.29 is 19.5 Å². The zero-order chi connectivity index (χ0) is 20.1. The van der Waals surface area contributed by atoms with Gasteiger partial charge in [0.05, 0.1) is 29.9 Å². The van der Waals surface area contributed by atoms with Gasteiger partial charge >= 0.3 is 5.97 Å². The van der Waals surface area contributed by atoms with Crippen LogP contribution in [0.4, 0.5) is 0 Å². The molecule has 1 N–H and O–H groups in total. The quantitative estimate of drug-likeness (QED) is 0.776. The monoisotopic (exact) mass is 378 g/mol. The highest BCUT2D eigenvalue weighted by Crippen LogP contribution is 2.18. The van der Waals surface area contributed by atoms with E-state index in [4.69, 9.17) is 5.11 Å². The van der Waals surface area contributed by atoms with Gasteiger partial charge in [-0.1, -0.05) is 20.8 Å². The van der Waals surface area contributed by atoms with Crippen LogP contribution >= 0.6 is 0 Å². The van der Waals surface area contributed by atoms with Crippen LogP contribution in [0.1, 0.15) is 49.7 Å². The predicted octanol–water partition coefficient (Wildman–Crippen LogP) is 1.50. The first-order valence-corrected chi connectivity index (χ1v) is 9.55. The average molecular weight is 378 g/mol. The Balaban J connectivity index is 2.04. The Morgan fingerprint density at radius 2 is 2.07 bits per heavy atom. The fourth-order valence-electron chi connectivity index (χ4n) is 3.45. The lowest BCUT2D eigenvalue weighted by Crippen LogP contribution is -2.47. The second-order valence-corrected chi connectivity index (χ2v) is 7.61. The van der Waals surface area contributed by atoms with Crippen LogP contribution in [-0.2, 0) is 22.6 Å². The third-order valence-corrected chi connectivity index (χ3v) is 4.89. The van der Waals surface area contributed by atoms with Crippen molar-refractivity contribution in [2.75, 3.05) is 26.7 Å². The standard InChI is InChI=1S/C19H30N4O4/c1-5-16-15(9-20-23(16)10-13(2)3)18(25)21(4)12-17(24)22-8-6-7-14(11-22)19(26)27/h9,13-14H,5-8,10-12H2,1-4H3,(H,26,27). The van der Waals surface area contributed by atoms with E-state index in [9.17, 15) is 14.4 Å². The zero-order valence-corrected chi connectivity index (χ0v) is 16.6. The van der Waals surface area contributed by atoms with Gasteiger partial charge in [0.2, 0.25) is 5.91 Å². The van der Waals surface area contributed by atoms with Crippen molar-refractivity contribution in [1.29, 1.82) is 0 Å². The van der Waals surface area contributed by atoms with Crippen molar-refractivity contribution in [3.8, 4) is 0 Å². The normalized spacial score (nSPS) is 17.2. The number of hydrogen-bond acceptors (Lipinski definition) is 4. The number of rotatable bonds is 7. The first-order valence-electron chi connectivity index (χ1n) is 9.55. The van der Waals surface area contributed by atoms with E-state index < -0.39 is 11.9 Å². The molecular weight excluding hydrogens is 348 g/mol. The largest absolute Gasteiger partial charge is 0.481 e. The third-order valence-electron chi connectivity index (χ3n) is 4.89. The number of carbonyl (C=O) groups is 3. The molecule has 1 atom stereocenters. The van der Waals surface area contributed by atoms with Crippen molar-refractivity contribution in [1.82, 2.24) is 19.6 Å². The summed E-state index contributed by atoms with van der Waals surface area (Å²) in [6.45, 7) is 7.59. The van der Waals surface area contributed by atoms with Crippen LogP contribution < -0.4 is 0 Å². The number of nitrogens with zero attached hydrogens (tertiary/aromatic N) is 4. The van der Waals surface area contributed by atoms with E-state index in [1.54, 1.807) is 18.1 Å². The number of likely N-dealkylation sites (N-methyl/N-ethyl adjacent to an activating group) is 1. The summed E-state index contributed by atoms with van der Waals surface area (Å²) in [4.78, 5) is 39.5. The molecular formula is C19H30N4O4. The molecule has 0 saturated carbocycles. The summed E-state index contributed by atoms with van der Waals surface area (Å²) in [7, 11) is 1.60. The van der Waals surface area contributed by atoms with Gasteiger partial charge in [0.25, 0.3) is 5.91 Å². The molecule has 8 nitrogen and oxygen atoms in total. The van der Waals surface area contributed by atoms with Gasteiger partial charge in [-0.05, 0) is 25.2 Å². The van der Waals surface area contributed by atoms with Crippen LogP contribution in [0.5, 0.6) is 0 Å². The second-order valence-electron chi connectivity index (χ2n) is 7.61. The van der Waals surface area contributed by atoms with Crippen LogP contribution in [0.2, 0.25) is 0 Å². The minimum absolute atomic E-state index is 0.0658. The predicted molar refractivity (Wildman–Crippen MR) is 100 cm³/mol. The summed E-state index contributed by atoms with van der Waals surface area (Å²) < 4.78 is 1.86. The summed E-state index contributed by atoms with van der Waals surface area (Å²) >= 11 is 0. The van der Waals surface area contributed by atoms with Gasteiger partial charge in [-0.25, -0.2) is 0 Å². The number of aromatic nitrogens is 2. The molecule has 1 unspecified atom stereocenters. The number of carbonyl (C=O) groups excluding carboxylic acids is 2. The highest BCUT2D eigenvalue weighted by atomic mass is 16.4. The Bertz CT molecular complexity index is 698. The lowest BCUT2D eigenvalue weighted by molar-refractivity contribution is -0.145. The molecule has 0 aromatic carbocycles. The van der Waals surface area contributed by atoms with Crippen molar-refractivity contribution in [2.45, 2.75) is 46.6 Å². The molecule has 0 aliphatic carbocycles. The number of amides is 2. The van der Waals surface area contributed by atoms with Crippen LogP contribution in [0.3, 0.4) is 0 Å². The number of hydrogen-bond donors (Lipinski definition) is 1. The van der Waals surface area contributed by atoms with E-state index in [2.05, 4.69) is 18.9 Å². The molecule has 2 rings (SSSR count). The van der Waals surface area contributed by atoms with Crippen LogP contribution in [0.25, 0.3) is 0 Å². The maximum atomic E-state index is 12.8. The number of carboxylic acid groups (broad SMARTS) is 1. The molecule has 1 aromatic heterocycles. The van der Waals surface area contributed by atoms with Crippen molar-refractivity contribution in [3.05, 3.63) is 17.5 Å². The van der Waals surface area contributed by atoms with Gasteiger partial charge in [0.1, 0.15) is 0 Å². The van der Waals surface area contributed by atoms with Crippen molar-refractivity contribution in [2.24, 2.45) is 11.8 Å². The topological polar surface area (TPSA) is 95.7 Å². The number of aliphatic carboxylic acids is 1. The first kappa shape index (κ1) is 20.9. The Labute approximate surface area is 160 Å². The second kappa shape index (κ2) is 9.01. The van der Waals surface area contributed by atoms with Gasteiger partial charge in [-0.3, -0.25) is 19.1 Å². The van der Waals surface area contributed by atoms with Gasteiger partial charge < -0.3 is 14.9 Å².